The second-order valence-electron chi connectivity index (χ2n) is 7.22. The fraction of sp³-hybridized carbons (Fsp3) is 0.364. The van der Waals surface area contributed by atoms with Gasteiger partial charge in [0.2, 0.25) is 17.7 Å². The van der Waals surface area contributed by atoms with Crippen LogP contribution in [0.4, 0.5) is 0 Å². The van der Waals surface area contributed by atoms with Crippen molar-refractivity contribution in [1.82, 2.24) is 20.1 Å². The molecule has 28 heavy (non-hydrogen) atoms. The molecule has 144 valence electrons. The summed E-state index contributed by atoms with van der Waals surface area (Å²) in [6.45, 7) is 2.67. The van der Waals surface area contributed by atoms with Crippen LogP contribution in [0.2, 0.25) is 0 Å². The molecule has 6 nitrogen and oxygen atoms in total. The summed E-state index contributed by atoms with van der Waals surface area (Å²) in [5.74, 6) is 1.11. The summed E-state index contributed by atoms with van der Waals surface area (Å²) in [4.78, 5) is 19.1. The number of carbonyl (C=O) groups is 1. The van der Waals surface area contributed by atoms with Gasteiger partial charge in [-0.1, -0.05) is 30.3 Å². The second kappa shape index (κ2) is 8.33. The van der Waals surface area contributed by atoms with Crippen molar-refractivity contribution in [3.05, 3.63) is 65.8 Å². The number of amides is 1. The van der Waals surface area contributed by atoms with Crippen LogP contribution in [0.1, 0.15) is 48.9 Å². The highest BCUT2D eigenvalue weighted by atomic mass is 16.4. The Morgan fingerprint density at radius 1 is 1.14 bits per heavy atom. The maximum absolute atomic E-state index is 12.9. The highest BCUT2D eigenvalue weighted by Crippen LogP contribution is 2.32. The molecule has 0 spiro atoms. The van der Waals surface area contributed by atoms with Gasteiger partial charge >= 0.3 is 0 Å². The average molecular weight is 376 g/mol. The van der Waals surface area contributed by atoms with Crippen molar-refractivity contribution < 1.29 is 9.21 Å². The lowest BCUT2D eigenvalue weighted by Gasteiger charge is -2.33. The van der Waals surface area contributed by atoms with E-state index in [-0.39, 0.29) is 11.9 Å². The first-order valence-electron chi connectivity index (χ1n) is 9.80. The molecule has 0 saturated carbocycles. The number of rotatable bonds is 5. The average Bonchev–Trinajstić information content (AvgIpc) is 3.23. The minimum atomic E-state index is -0.142. The lowest BCUT2D eigenvalue weighted by atomic mass is 10.0. The normalized spacial score (nSPS) is 16.9. The van der Waals surface area contributed by atoms with Gasteiger partial charge < -0.3 is 9.32 Å². The first-order valence-corrected chi connectivity index (χ1v) is 9.80. The van der Waals surface area contributed by atoms with Crippen LogP contribution in [0.5, 0.6) is 0 Å². The van der Waals surface area contributed by atoms with Crippen LogP contribution in [0.15, 0.2) is 53.1 Å². The zero-order valence-electron chi connectivity index (χ0n) is 16.0. The van der Waals surface area contributed by atoms with E-state index in [2.05, 4.69) is 27.3 Å². The lowest BCUT2D eigenvalue weighted by molar-refractivity contribution is -0.135. The molecule has 1 aromatic carbocycles. The minimum absolute atomic E-state index is 0.142. The van der Waals surface area contributed by atoms with Gasteiger partial charge in [-0.25, -0.2) is 0 Å². The quantitative estimate of drug-likeness (QED) is 0.670. The molecule has 6 heteroatoms. The molecular weight excluding hydrogens is 352 g/mol. The van der Waals surface area contributed by atoms with E-state index in [4.69, 9.17) is 4.42 Å². The predicted octanol–water partition coefficient (Wildman–Crippen LogP) is 4.13. The molecule has 1 atom stereocenters. The molecule has 0 aliphatic carbocycles. The van der Waals surface area contributed by atoms with E-state index < -0.39 is 0 Å². The van der Waals surface area contributed by atoms with Crippen LogP contribution in [0.3, 0.4) is 0 Å². The zero-order chi connectivity index (χ0) is 19.3. The number of carbonyl (C=O) groups excluding carboxylic acids is 1. The maximum Gasteiger partial charge on any atom is 0.249 e. The summed E-state index contributed by atoms with van der Waals surface area (Å²) in [5, 5.41) is 8.44. The fourth-order valence-electron chi connectivity index (χ4n) is 3.61. The number of aromatic nitrogens is 3. The van der Waals surface area contributed by atoms with Gasteiger partial charge in [-0.2, -0.15) is 0 Å². The van der Waals surface area contributed by atoms with E-state index in [1.54, 1.807) is 6.20 Å². The van der Waals surface area contributed by atoms with Crippen LogP contribution < -0.4 is 0 Å². The fourth-order valence-corrected chi connectivity index (χ4v) is 3.61. The molecule has 4 rings (SSSR count). The maximum atomic E-state index is 12.9. The third-order valence-electron chi connectivity index (χ3n) is 5.18. The molecule has 1 fully saturated rings. The van der Waals surface area contributed by atoms with Crippen molar-refractivity contribution in [3.8, 4) is 11.5 Å². The van der Waals surface area contributed by atoms with Crippen LogP contribution >= 0.6 is 0 Å². The Bertz CT molecular complexity index is 921. The molecular formula is C22H24N4O2. The molecule has 1 aliphatic rings. The second-order valence-corrected chi connectivity index (χ2v) is 7.22. The third kappa shape index (κ3) is 4.11. The van der Waals surface area contributed by atoms with Gasteiger partial charge in [0, 0.05) is 24.9 Å². The first kappa shape index (κ1) is 18.3. The van der Waals surface area contributed by atoms with Crippen molar-refractivity contribution in [2.75, 3.05) is 6.54 Å². The van der Waals surface area contributed by atoms with E-state index in [1.807, 2.05) is 42.2 Å². The highest BCUT2D eigenvalue weighted by Gasteiger charge is 2.31. The van der Waals surface area contributed by atoms with Crippen LogP contribution in [0.25, 0.3) is 11.5 Å². The number of aryl methyl sites for hydroxylation is 2. The number of benzene rings is 1. The number of pyridine rings is 1. The molecule has 0 bridgehead atoms. The Morgan fingerprint density at radius 2 is 2.00 bits per heavy atom. The van der Waals surface area contributed by atoms with Crippen molar-refractivity contribution in [1.29, 1.82) is 0 Å². The number of hydrogen-bond donors (Lipinski definition) is 0. The van der Waals surface area contributed by atoms with Gasteiger partial charge in [0.15, 0.2) is 0 Å². The summed E-state index contributed by atoms with van der Waals surface area (Å²) in [6.07, 6.45) is 5.88. The van der Waals surface area contributed by atoms with Crippen LogP contribution in [-0.4, -0.2) is 32.5 Å². The van der Waals surface area contributed by atoms with Gasteiger partial charge in [-0.05, 0) is 50.3 Å². The van der Waals surface area contributed by atoms with Crippen molar-refractivity contribution >= 4 is 5.91 Å². The van der Waals surface area contributed by atoms with Gasteiger partial charge in [0.1, 0.15) is 6.04 Å². The largest absolute Gasteiger partial charge is 0.418 e. The number of likely N-dealkylation sites (tertiary alicyclic amines) is 1. The van der Waals surface area contributed by atoms with E-state index in [0.29, 0.717) is 18.2 Å². The Balaban J connectivity index is 1.47. The molecule has 3 heterocycles. The number of hydrogen-bond acceptors (Lipinski definition) is 5. The third-order valence-corrected chi connectivity index (χ3v) is 5.18. The van der Waals surface area contributed by atoms with Gasteiger partial charge in [0.05, 0.1) is 5.56 Å². The van der Waals surface area contributed by atoms with Crippen LogP contribution in [-0.2, 0) is 11.2 Å². The summed E-state index contributed by atoms with van der Waals surface area (Å²) in [7, 11) is 0. The minimum Gasteiger partial charge on any atom is -0.418 e. The van der Waals surface area contributed by atoms with Gasteiger partial charge in [0.25, 0.3) is 0 Å². The first-order chi connectivity index (χ1) is 13.7. The molecule has 0 radical (unpaired) electrons. The summed E-state index contributed by atoms with van der Waals surface area (Å²) in [6, 6.07) is 13.8. The molecule has 2 aromatic heterocycles. The van der Waals surface area contributed by atoms with Crippen molar-refractivity contribution in [3.63, 3.8) is 0 Å². The Morgan fingerprint density at radius 3 is 2.79 bits per heavy atom. The van der Waals surface area contributed by atoms with Gasteiger partial charge in [-0.15, -0.1) is 10.2 Å². The molecule has 3 aromatic rings. The smallest absolute Gasteiger partial charge is 0.249 e. The monoisotopic (exact) mass is 376 g/mol. The predicted molar refractivity (Wildman–Crippen MR) is 105 cm³/mol. The topological polar surface area (TPSA) is 72.1 Å². The van der Waals surface area contributed by atoms with E-state index in [0.717, 1.165) is 43.5 Å². The summed E-state index contributed by atoms with van der Waals surface area (Å²) >= 11 is 0. The highest BCUT2D eigenvalue weighted by molar-refractivity contribution is 5.77. The molecule has 1 unspecified atom stereocenters. The number of nitrogens with zero attached hydrogens (tertiary/aromatic N) is 4. The van der Waals surface area contributed by atoms with Crippen molar-refractivity contribution in [2.24, 2.45) is 0 Å². The lowest BCUT2D eigenvalue weighted by Crippen LogP contribution is -2.38. The number of piperidine rings is 1. The summed E-state index contributed by atoms with van der Waals surface area (Å²) in [5.41, 5.74) is 2.91. The summed E-state index contributed by atoms with van der Waals surface area (Å²) < 4.78 is 5.94. The zero-order valence-corrected chi connectivity index (χ0v) is 16.0. The van der Waals surface area contributed by atoms with E-state index >= 15 is 0 Å². The Labute approximate surface area is 164 Å². The molecule has 1 saturated heterocycles. The van der Waals surface area contributed by atoms with E-state index in [9.17, 15) is 4.79 Å². The Hall–Kier alpha value is -3.02. The van der Waals surface area contributed by atoms with Crippen LogP contribution in [0, 0.1) is 6.92 Å². The Kier molecular flexibility index (Phi) is 5.46. The molecule has 1 aliphatic heterocycles. The SMILES string of the molecule is Cc1ccc(-c2nnc(C3CCCCN3C(=O)CCc3ccccc3)o2)cn1. The van der Waals surface area contributed by atoms with E-state index in [1.165, 1.54) is 5.56 Å². The van der Waals surface area contributed by atoms with Gasteiger partial charge in [-0.3, -0.25) is 9.78 Å². The molecule has 0 N–H and O–H groups in total. The van der Waals surface area contributed by atoms with Crippen molar-refractivity contribution in [2.45, 2.75) is 45.1 Å². The standard InChI is InChI=1S/C22H24N4O2/c1-16-10-12-18(15-23-16)21-24-25-22(28-21)19-9-5-6-14-26(19)20(27)13-11-17-7-3-2-4-8-17/h2-4,7-8,10,12,15,19H,5-6,9,11,13-14H2,1H3. The molecule has 1 amide bonds.